The van der Waals surface area contributed by atoms with Gasteiger partial charge in [0, 0.05) is 22.7 Å². The van der Waals surface area contributed by atoms with Gasteiger partial charge in [-0.1, -0.05) is 31.5 Å². The summed E-state index contributed by atoms with van der Waals surface area (Å²) in [6.45, 7) is 7.35. The first-order valence-electron chi connectivity index (χ1n) is 7.00. The number of hydrogen-bond acceptors (Lipinski definition) is 3. The first kappa shape index (κ1) is 16.0. The lowest BCUT2D eigenvalue weighted by molar-refractivity contribution is 0.0754. The van der Waals surface area contributed by atoms with E-state index in [1.165, 1.54) is 4.88 Å². The van der Waals surface area contributed by atoms with E-state index in [9.17, 15) is 4.79 Å². The lowest BCUT2D eigenvalue weighted by Crippen LogP contribution is -2.30. The van der Waals surface area contributed by atoms with Crippen molar-refractivity contribution in [2.75, 3.05) is 6.54 Å². The van der Waals surface area contributed by atoms with Crippen molar-refractivity contribution < 1.29 is 4.79 Å². The van der Waals surface area contributed by atoms with Gasteiger partial charge in [0.2, 0.25) is 0 Å². The number of rotatable bonds is 5. The molecular weight excluding hydrogens is 304 g/mol. The highest BCUT2D eigenvalue weighted by Crippen LogP contribution is 2.20. The zero-order chi connectivity index (χ0) is 15.4. The molecule has 2 heterocycles. The van der Waals surface area contributed by atoms with Crippen LogP contribution in [0.5, 0.6) is 0 Å². The summed E-state index contributed by atoms with van der Waals surface area (Å²) in [5.41, 5.74) is 1.45. The Bertz CT molecular complexity index is 611. The number of carbonyl (C=O) groups is 1. The molecule has 2 aromatic rings. The zero-order valence-corrected chi connectivity index (χ0v) is 14.0. The molecule has 21 heavy (non-hydrogen) atoms. The molecule has 0 saturated carbocycles. The van der Waals surface area contributed by atoms with Crippen LogP contribution in [0.1, 0.15) is 47.6 Å². The lowest BCUT2D eigenvalue weighted by Gasteiger charge is -2.21. The summed E-state index contributed by atoms with van der Waals surface area (Å²) in [5, 5.41) is 2.39. The van der Waals surface area contributed by atoms with Crippen molar-refractivity contribution in [2.45, 2.75) is 33.2 Å². The molecule has 112 valence electrons. The minimum Gasteiger partial charge on any atom is -0.334 e. The van der Waals surface area contributed by atoms with Crippen LogP contribution >= 0.6 is 22.9 Å². The Hall–Kier alpha value is -1.39. The monoisotopic (exact) mass is 322 g/mol. The first-order valence-corrected chi connectivity index (χ1v) is 8.26. The van der Waals surface area contributed by atoms with Crippen LogP contribution < -0.4 is 0 Å². The second-order valence-corrected chi connectivity index (χ2v) is 6.58. The van der Waals surface area contributed by atoms with Crippen LogP contribution in [-0.2, 0) is 6.54 Å². The van der Waals surface area contributed by atoms with Crippen LogP contribution in [0.3, 0.4) is 0 Å². The fraction of sp³-hybridized carbons (Fsp3) is 0.375. The Kier molecular flexibility index (Phi) is 5.37. The van der Waals surface area contributed by atoms with Crippen LogP contribution in [0.15, 0.2) is 29.6 Å². The molecule has 0 aromatic carbocycles. The van der Waals surface area contributed by atoms with Crippen molar-refractivity contribution in [3.8, 4) is 0 Å². The van der Waals surface area contributed by atoms with E-state index >= 15 is 0 Å². The number of hydrogen-bond donors (Lipinski definition) is 0. The molecule has 5 heteroatoms. The normalized spacial score (nSPS) is 10.9. The molecular formula is C16H19ClN2OS. The van der Waals surface area contributed by atoms with Gasteiger partial charge in [-0.25, -0.2) is 4.98 Å². The summed E-state index contributed by atoms with van der Waals surface area (Å²) in [6, 6.07) is 7.53. The molecule has 0 radical (unpaired) electrons. The quantitative estimate of drug-likeness (QED) is 0.755. The van der Waals surface area contributed by atoms with Crippen molar-refractivity contribution >= 4 is 28.8 Å². The number of aromatic nitrogens is 1. The molecule has 0 bridgehead atoms. The number of halogens is 1. The summed E-state index contributed by atoms with van der Waals surface area (Å²) >= 11 is 7.71. The van der Waals surface area contributed by atoms with Crippen LogP contribution in [0.2, 0.25) is 5.15 Å². The first-order chi connectivity index (χ1) is 10.0. The van der Waals surface area contributed by atoms with E-state index in [4.69, 9.17) is 11.6 Å². The van der Waals surface area contributed by atoms with Crippen molar-refractivity contribution in [3.63, 3.8) is 0 Å². The number of nitrogens with zero attached hydrogens (tertiary/aromatic N) is 2. The standard InChI is InChI=1S/C16H19ClN2OS/c1-4-19(10-13-6-5-7-21-13)16(20)12-8-14(11(2)3)18-15(17)9-12/h5-9,11H,4,10H2,1-3H3. The van der Waals surface area contributed by atoms with Gasteiger partial charge in [-0.05, 0) is 36.4 Å². The smallest absolute Gasteiger partial charge is 0.254 e. The van der Waals surface area contributed by atoms with E-state index in [1.54, 1.807) is 17.4 Å². The van der Waals surface area contributed by atoms with E-state index in [0.717, 1.165) is 5.69 Å². The molecule has 3 nitrogen and oxygen atoms in total. The van der Waals surface area contributed by atoms with Gasteiger partial charge in [0.05, 0.1) is 6.54 Å². The molecule has 1 amide bonds. The predicted molar refractivity (Wildman–Crippen MR) is 88.1 cm³/mol. The van der Waals surface area contributed by atoms with Crippen LogP contribution in [0.25, 0.3) is 0 Å². The van der Waals surface area contributed by atoms with E-state index in [1.807, 2.05) is 49.3 Å². The molecule has 0 fully saturated rings. The molecule has 0 N–H and O–H groups in total. The third-order valence-corrected chi connectivity index (χ3v) is 4.30. The Morgan fingerprint density at radius 1 is 1.43 bits per heavy atom. The van der Waals surface area contributed by atoms with Gasteiger partial charge in [-0.2, -0.15) is 0 Å². The Morgan fingerprint density at radius 3 is 2.76 bits per heavy atom. The van der Waals surface area contributed by atoms with E-state index in [-0.39, 0.29) is 11.8 Å². The lowest BCUT2D eigenvalue weighted by atomic mass is 10.1. The fourth-order valence-electron chi connectivity index (χ4n) is 2.04. The Morgan fingerprint density at radius 2 is 2.19 bits per heavy atom. The second kappa shape index (κ2) is 7.05. The number of pyridine rings is 1. The topological polar surface area (TPSA) is 33.2 Å². The van der Waals surface area contributed by atoms with E-state index < -0.39 is 0 Å². The summed E-state index contributed by atoms with van der Waals surface area (Å²) in [6.07, 6.45) is 0. The molecule has 0 saturated heterocycles. The van der Waals surface area contributed by atoms with Gasteiger partial charge < -0.3 is 4.90 Å². The number of thiophene rings is 1. The van der Waals surface area contributed by atoms with E-state index in [2.05, 4.69) is 4.98 Å². The van der Waals surface area contributed by atoms with Gasteiger partial charge >= 0.3 is 0 Å². The number of amides is 1. The van der Waals surface area contributed by atoms with Gasteiger partial charge in [0.25, 0.3) is 5.91 Å². The Labute approximate surface area is 134 Å². The van der Waals surface area contributed by atoms with E-state index in [0.29, 0.717) is 23.8 Å². The highest BCUT2D eigenvalue weighted by atomic mass is 35.5. The average molecular weight is 323 g/mol. The molecule has 0 aliphatic heterocycles. The summed E-state index contributed by atoms with van der Waals surface area (Å²) in [4.78, 5) is 19.9. The molecule has 0 unspecified atom stereocenters. The number of carbonyl (C=O) groups excluding carboxylic acids is 1. The maximum atomic E-state index is 12.7. The molecule has 0 atom stereocenters. The summed E-state index contributed by atoms with van der Waals surface area (Å²) in [7, 11) is 0. The Balaban J connectivity index is 2.24. The maximum Gasteiger partial charge on any atom is 0.254 e. The van der Waals surface area contributed by atoms with Gasteiger partial charge in [0.15, 0.2) is 0 Å². The van der Waals surface area contributed by atoms with Crippen molar-refractivity contribution in [1.82, 2.24) is 9.88 Å². The van der Waals surface area contributed by atoms with Crippen LogP contribution in [0, 0.1) is 0 Å². The molecule has 0 spiro atoms. The maximum absolute atomic E-state index is 12.7. The zero-order valence-electron chi connectivity index (χ0n) is 12.5. The minimum absolute atomic E-state index is 0.00269. The SMILES string of the molecule is CCN(Cc1cccs1)C(=O)c1cc(Cl)nc(C(C)C)c1. The molecule has 2 aromatic heterocycles. The van der Waals surface area contributed by atoms with Gasteiger partial charge in [0.1, 0.15) is 5.15 Å². The summed E-state index contributed by atoms with van der Waals surface area (Å²) in [5.74, 6) is 0.236. The molecule has 0 aliphatic rings. The molecule has 0 aliphatic carbocycles. The largest absolute Gasteiger partial charge is 0.334 e. The average Bonchev–Trinajstić information content (AvgIpc) is 2.96. The van der Waals surface area contributed by atoms with Crippen LogP contribution in [-0.4, -0.2) is 22.3 Å². The third-order valence-electron chi connectivity index (χ3n) is 3.25. The van der Waals surface area contributed by atoms with Crippen molar-refractivity contribution in [2.24, 2.45) is 0 Å². The summed E-state index contributed by atoms with van der Waals surface area (Å²) < 4.78 is 0. The highest BCUT2D eigenvalue weighted by molar-refractivity contribution is 7.09. The predicted octanol–water partition coefficient (Wildman–Crippen LogP) is 4.58. The fourth-order valence-corrected chi connectivity index (χ4v) is 2.97. The van der Waals surface area contributed by atoms with Crippen molar-refractivity contribution in [1.29, 1.82) is 0 Å². The van der Waals surface area contributed by atoms with Crippen molar-refractivity contribution in [3.05, 3.63) is 50.9 Å². The minimum atomic E-state index is -0.00269. The highest BCUT2D eigenvalue weighted by Gasteiger charge is 2.17. The van der Waals surface area contributed by atoms with Gasteiger partial charge in [-0.15, -0.1) is 11.3 Å². The molecule has 2 rings (SSSR count). The second-order valence-electron chi connectivity index (χ2n) is 5.16. The van der Waals surface area contributed by atoms with Gasteiger partial charge in [-0.3, -0.25) is 4.79 Å². The third kappa shape index (κ3) is 4.05. The van der Waals surface area contributed by atoms with Crippen LogP contribution in [0.4, 0.5) is 0 Å².